The molecule has 0 fully saturated rings. The van der Waals surface area contributed by atoms with Crippen LogP contribution in [0, 0.1) is 6.92 Å². The minimum Gasteiger partial charge on any atom is -0.481 e. The van der Waals surface area contributed by atoms with Crippen molar-refractivity contribution in [1.82, 2.24) is 14.5 Å². The number of rotatable bonds is 3. The van der Waals surface area contributed by atoms with E-state index in [1.54, 1.807) is 6.07 Å². The standard InChI is InChI=1S/C10H11N3O3/c1-6-4-7-9(12-6)11-5-13(10(7)16)3-2-8(14)15/h4-5,12H,2-3H2,1H3,(H,14,15). The Morgan fingerprint density at radius 1 is 1.62 bits per heavy atom. The Hall–Kier alpha value is -2.11. The molecule has 2 aromatic rings. The number of nitrogens with one attached hydrogen (secondary N) is 1. The lowest BCUT2D eigenvalue weighted by Gasteiger charge is -2.01. The van der Waals surface area contributed by atoms with Crippen molar-refractivity contribution in [2.45, 2.75) is 19.9 Å². The molecule has 0 saturated heterocycles. The number of H-pyrrole nitrogens is 1. The highest BCUT2D eigenvalue weighted by molar-refractivity contribution is 5.75. The maximum absolute atomic E-state index is 11.9. The van der Waals surface area contributed by atoms with E-state index < -0.39 is 5.97 Å². The second-order valence-electron chi connectivity index (χ2n) is 3.60. The number of carboxylic acids is 1. The fourth-order valence-corrected chi connectivity index (χ4v) is 1.55. The van der Waals surface area contributed by atoms with Gasteiger partial charge in [-0.15, -0.1) is 0 Å². The molecule has 0 aliphatic carbocycles. The predicted molar refractivity (Wildman–Crippen MR) is 57.3 cm³/mol. The second kappa shape index (κ2) is 3.80. The zero-order valence-corrected chi connectivity index (χ0v) is 8.73. The fraction of sp³-hybridized carbons (Fsp3) is 0.300. The first-order valence-electron chi connectivity index (χ1n) is 4.84. The summed E-state index contributed by atoms with van der Waals surface area (Å²) in [7, 11) is 0. The first-order chi connectivity index (χ1) is 7.58. The molecule has 0 spiro atoms. The molecular formula is C10H11N3O3. The van der Waals surface area contributed by atoms with Crippen molar-refractivity contribution in [2.75, 3.05) is 0 Å². The van der Waals surface area contributed by atoms with Crippen LogP contribution in [0.1, 0.15) is 12.1 Å². The van der Waals surface area contributed by atoms with Gasteiger partial charge in [0.05, 0.1) is 18.1 Å². The van der Waals surface area contributed by atoms with Crippen molar-refractivity contribution in [3.8, 4) is 0 Å². The number of carbonyl (C=O) groups is 1. The van der Waals surface area contributed by atoms with Gasteiger partial charge in [0, 0.05) is 12.2 Å². The Morgan fingerprint density at radius 2 is 2.38 bits per heavy atom. The average molecular weight is 221 g/mol. The Morgan fingerprint density at radius 3 is 3.06 bits per heavy atom. The molecule has 2 aromatic heterocycles. The molecule has 16 heavy (non-hydrogen) atoms. The van der Waals surface area contributed by atoms with Gasteiger partial charge in [0.1, 0.15) is 5.65 Å². The van der Waals surface area contributed by atoms with Crippen LogP contribution >= 0.6 is 0 Å². The van der Waals surface area contributed by atoms with Crippen LogP contribution in [0.15, 0.2) is 17.2 Å². The van der Waals surface area contributed by atoms with Crippen LogP contribution in [0.25, 0.3) is 11.0 Å². The maximum atomic E-state index is 11.9. The molecule has 0 aliphatic rings. The van der Waals surface area contributed by atoms with Crippen LogP contribution in [-0.4, -0.2) is 25.6 Å². The van der Waals surface area contributed by atoms with Gasteiger partial charge >= 0.3 is 5.97 Å². The fourth-order valence-electron chi connectivity index (χ4n) is 1.55. The molecule has 0 bridgehead atoms. The van der Waals surface area contributed by atoms with Crippen LogP contribution in [0.2, 0.25) is 0 Å². The highest BCUT2D eigenvalue weighted by Gasteiger charge is 2.07. The third kappa shape index (κ3) is 1.81. The van der Waals surface area contributed by atoms with Gasteiger partial charge in [-0.3, -0.25) is 14.2 Å². The van der Waals surface area contributed by atoms with Gasteiger partial charge in [-0.05, 0) is 13.0 Å². The average Bonchev–Trinajstić information content (AvgIpc) is 2.58. The normalized spacial score (nSPS) is 10.8. The van der Waals surface area contributed by atoms with E-state index in [0.29, 0.717) is 11.0 Å². The van der Waals surface area contributed by atoms with Gasteiger partial charge < -0.3 is 10.1 Å². The first-order valence-corrected chi connectivity index (χ1v) is 4.84. The summed E-state index contributed by atoms with van der Waals surface area (Å²) < 4.78 is 1.31. The summed E-state index contributed by atoms with van der Waals surface area (Å²) in [5.74, 6) is -0.933. The van der Waals surface area contributed by atoms with E-state index in [-0.39, 0.29) is 18.5 Å². The van der Waals surface area contributed by atoms with Gasteiger partial charge in [-0.25, -0.2) is 4.98 Å². The predicted octanol–water partition coefficient (Wildman–Crippen LogP) is 0.508. The van der Waals surface area contributed by atoms with E-state index in [9.17, 15) is 9.59 Å². The second-order valence-corrected chi connectivity index (χ2v) is 3.60. The Kier molecular flexibility index (Phi) is 2.47. The number of aromatic nitrogens is 3. The largest absolute Gasteiger partial charge is 0.481 e. The van der Waals surface area contributed by atoms with Gasteiger partial charge in [-0.2, -0.15) is 0 Å². The SMILES string of the molecule is Cc1cc2c(=O)n(CCC(=O)O)cnc2[nH]1. The summed E-state index contributed by atoms with van der Waals surface area (Å²) >= 11 is 0. The van der Waals surface area contributed by atoms with Gasteiger partial charge in [0.15, 0.2) is 0 Å². The van der Waals surface area contributed by atoms with E-state index in [1.807, 2.05) is 6.92 Å². The van der Waals surface area contributed by atoms with Crippen molar-refractivity contribution in [1.29, 1.82) is 0 Å². The van der Waals surface area contributed by atoms with Crippen LogP contribution in [0.4, 0.5) is 0 Å². The highest BCUT2D eigenvalue weighted by atomic mass is 16.4. The van der Waals surface area contributed by atoms with Crippen molar-refractivity contribution >= 4 is 17.0 Å². The summed E-state index contributed by atoms with van der Waals surface area (Å²) in [6, 6.07) is 1.71. The summed E-state index contributed by atoms with van der Waals surface area (Å²) in [6.45, 7) is 1.98. The Labute approximate surface area is 90.5 Å². The monoisotopic (exact) mass is 221 g/mol. The van der Waals surface area contributed by atoms with E-state index in [4.69, 9.17) is 5.11 Å². The molecule has 0 aromatic carbocycles. The van der Waals surface area contributed by atoms with E-state index in [1.165, 1.54) is 10.9 Å². The number of hydrogen-bond acceptors (Lipinski definition) is 3. The number of nitrogens with zero attached hydrogens (tertiary/aromatic N) is 2. The molecule has 0 saturated carbocycles. The van der Waals surface area contributed by atoms with Crippen LogP contribution in [-0.2, 0) is 11.3 Å². The van der Waals surface area contributed by atoms with Crippen LogP contribution in [0.5, 0.6) is 0 Å². The van der Waals surface area contributed by atoms with Crippen molar-refractivity contribution in [2.24, 2.45) is 0 Å². The smallest absolute Gasteiger partial charge is 0.305 e. The zero-order valence-electron chi connectivity index (χ0n) is 8.73. The topological polar surface area (TPSA) is 88.0 Å². The molecule has 2 rings (SSSR count). The number of aromatic amines is 1. The molecule has 0 amide bonds. The Bertz CT molecular complexity index is 597. The molecule has 0 atom stereocenters. The third-order valence-corrected chi connectivity index (χ3v) is 2.32. The molecule has 2 heterocycles. The zero-order chi connectivity index (χ0) is 11.7. The van der Waals surface area contributed by atoms with Crippen molar-refractivity contribution in [3.05, 3.63) is 28.4 Å². The van der Waals surface area contributed by atoms with Crippen LogP contribution < -0.4 is 5.56 Å². The molecule has 6 heteroatoms. The summed E-state index contributed by atoms with van der Waals surface area (Å²) in [4.78, 5) is 29.3. The van der Waals surface area contributed by atoms with E-state index >= 15 is 0 Å². The molecule has 0 unspecified atom stereocenters. The summed E-state index contributed by atoms with van der Waals surface area (Å²) in [5.41, 5.74) is 1.18. The molecular weight excluding hydrogens is 210 g/mol. The van der Waals surface area contributed by atoms with Gasteiger partial charge in [-0.1, -0.05) is 0 Å². The van der Waals surface area contributed by atoms with E-state index in [0.717, 1.165) is 5.69 Å². The quantitative estimate of drug-likeness (QED) is 0.790. The molecule has 84 valence electrons. The van der Waals surface area contributed by atoms with Crippen LogP contribution in [0.3, 0.4) is 0 Å². The number of hydrogen-bond donors (Lipinski definition) is 2. The first kappa shape index (κ1) is 10.4. The molecule has 2 N–H and O–H groups in total. The molecule has 0 aliphatic heterocycles. The Balaban J connectivity index is 2.44. The van der Waals surface area contributed by atoms with Gasteiger partial charge in [0.2, 0.25) is 0 Å². The minimum atomic E-state index is -0.933. The van der Waals surface area contributed by atoms with Crippen molar-refractivity contribution < 1.29 is 9.90 Å². The number of aliphatic carboxylic acids is 1. The molecule has 0 radical (unpaired) electrons. The van der Waals surface area contributed by atoms with E-state index in [2.05, 4.69) is 9.97 Å². The third-order valence-electron chi connectivity index (χ3n) is 2.32. The molecule has 6 nitrogen and oxygen atoms in total. The number of carboxylic acid groups (broad SMARTS) is 1. The lowest BCUT2D eigenvalue weighted by atomic mass is 10.3. The lowest BCUT2D eigenvalue weighted by Crippen LogP contribution is -2.21. The van der Waals surface area contributed by atoms with Gasteiger partial charge in [0.25, 0.3) is 5.56 Å². The number of aryl methyl sites for hydroxylation is 2. The summed E-state index contributed by atoms with van der Waals surface area (Å²) in [5, 5.41) is 9.03. The lowest BCUT2D eigenvalue weighted by molar-refractivity contribution is -0.137. The maximum Gasteiger partial charge on any atom is 0.305 e. The summed E-state index contributed by atoms with van der Waals surface area (Å²) in [6.07, 6.45) is 1.28. The van der Waals surface area contributed by atoms with Crippen molar-refractivity contribution in [3.63, 3.8) is 0 Å². The number of fused-ring (bicyclic) bond motifs is 1. The minimum absolute atomic E-state index is 0.0868. The highest BCUT2D eigenvalue weighted by Crippen LogP contribution is 2.06.